The molecule has 21 heavy (non-hydrogen) atoms. The summed E-state index contributed by atoms with van der Waals surface area (Å²) in [4.78, 5) is 12.2. The molecule has 5 heteroatoms. The van der Waals surface area contributed by atoms with E-state index < -0.39 is 17.0 Å². The van der Waals surface area contributed by atoms with Crippen molar-refractivity contribution in [1.82, 2.24) is 0 Å². The van der Waals surface area contributed by atoms with E-state index in [1.165, 1.54) is 13.2 Å². The Bertz CT molecular complexity index is 545. The summed E-state index contributed by atoms with van der Waals surface area (Å²) in [5, 5.41) is 0. The highest BCUT2D eigenvalue weighted by molar-refractivity contribution is 5.85. The fourth-order valence-corrected chi connectivity index (χ4v) is 2.81. The van der Waals surface area contributed by atoms with Gasteiger partial charge in [0, 0.05) is 0 Å². The summed E-state index contributed by atoms with van der Waals surface area (Å²) in [7, 11) is 1.41. The van der Waals surface area contributed by atoms with E-state index in [1.54, 1.807) is 26.0 Å². The Morgan fingerprint density at radius 3 is 2.62 bits per heavy atom. The predicted octanol–water partition coefficient (Wildman–Crippen LogP) is 3.18. The van der Waals surface area contributed by atoms with Gasteiger partial charge in [-0.3, -0.25) is 0 Å². The fraction of sp³-hybridized carbons (Fsp3) is 0.562. The number of halogens is 1. The smallest absolute Gasteiger partial charge is 0.341 e. The number of methoxy groups -OCH3 is 1. The van der Waals surface area contributed by atoms with Crippen molar-refractivity contribution in [2.24, 2.45) is 0 Å². The molecule has 0 bridgehead atoms. The maximum absolute atomic E-state index is 13.9. The molecule has 4 nitrogen and oxygen atoms in total. The van der Waals surface area contributed by atoms with Gasteiger partial charge in [-0.2, -0.15) is 0 Å². The standard InChI is InChI=1S/C16H21FO4/c1-5-9-16(14(18)20-6-2)15(3,21-16)11-7-8-13(19-4)12(17)10-11/h7-8,10H,5-6,9H2,1-4H3. The zero-order chi connectivity index (χ0) is 15.7. The second-order valence-corrected chi connectivity index (χ2v) is 5.28. The molecule has 0 amide bonds. The molecule has 1 heterocycles. The summed E-state index contributed by atoms with van der Waals surface area (Å²) in [6.07, 6.45) is 1.31. The predicted molar refractivity (Wildman–Crippen MR) is 75.7 cm³/mol. The number of rotatable bonds is 6. The molecule has 2 unspecified atom stereocenters. The van der Waals surface area contributed by atoms with Crippen molar-refractivity contribution in [2.75, 3.05) is 13.7 Å². The van der Waals surface area contributed by atoms with Crippen molar-refractivity contribution >= 4 is 5.97 Å². The van der Waals surface area contributed by atoms with Crippen LogP contribution < -0.4 is 4.74 Å². The molecule has 2 atom stereocenters. The minimum atomic E-state index is -1.02. The lowest BCUT2D eigenvalue weighted by atomic mass is 9.84. The van der Waals surface area contributed by atoms with Gasteiger partial charge in [0.2, 0.25) is 0 Å². The molecule has 2 rings (SSSR count). The van der Waals surface area contributed by atoms with Gasteiger partial charge in [0.05, 0.1) is 13.7 Å². The number of carbonyl (C=O) groups is 1. The summed E-state index contributed by atoms with van der Waals surface area (Å²) in [5.74, 6) is -0.688. The molecule has 116 valence electrons. The van der Waals surface area contributed by atoms with E-state index in [0.29, 0.717) is 18.6 Å². The molecule has 1 saturated heterocycles. The van der Waals surface area contributed by atoms with Crippen LogP contribution in [0.2, 0.25) is 0 Å². The number of epoxide rings is 1. The first-order chi connectivity index (χ1) is 9.95. The van der Waals surface area contributed by atoms with E-state index in [2.05, 4.69) is 0 Å². The number of hydrogen-bond acceptors (Lipinski definition) is 4. The number of esters is 1. The summed E-state index contributed by atoms with van der Waals surface area (Å²) in [5.41, 5.74) is -1.26. The lowest BCUT2D eigenvalue weighted by molar-refractivity contribution is -0.149. The summed E-state index contributed by atoms with van der Waals surface area (Å²) < 4.78 is 29.7. The molecule has 0 spiro atoms. The quantitative estimate of drug-likeness (QED) is 0.597. The second kappa shape index (κ2) is 5.64. The van der Waals surface area contributed by atoms with Crippen molar-refractivity contribution < 1.29 is 23.4 Å². The van der Waals surface area contributed by atoms with Gasteiger partial charge in [-0.1, -0.05) is 19.4 Å². The highest BCUT2D eigenvalue weighted by Gasteiger charge is 2.73. The fourth-order valence-electron chi connectivity index (χ4n) is 2.81. The van der Waals surface area contributed by atoms with Crippen LogP contribution in [0.5, 0.6) is 5.75 Å². The zero-order valence-corrected chi connectivity index (χ0v) is 12.9. The second-order valence-electron chi connectivity index (χ2n) is 5.28. The number of hydrogen-bond donors (Lipinski definition) is 0. The van der Waals surface area contributed by atoms with Crippen molar-refractivity contribution in [3.63, 3.8) is 0 Å². The van der Waals surface area contributed by atoms with Gasteiger partial charge in [-0.05, 0) is 38.0 Å². The molecule has 1 aliphatic rings. The number of carbonyl (C=O) groups excluding carboxylic acids is 1. The van der Waals surface area contributed by atoms with Crippen molar-refractivity contribution in [3.8, 4) is 5.75 Å². The van der Waals surface area contributed by atoms with Crippen molar-refractivity contribution in [2.45, 2.75) is 44.8 Å². The minimum absolute atomic E-state index is 0.167. The third-order valence-electron chi connectivity index (χ3n) is 4.02. The minimum Gasteiger partial charge on any atom is -0.494 e. The molecule has 1 aromatic rings. The molecule has 0 radical (unpaired) electrons. The van der Waals surface area contributed by atoms with Gasteiger partial charge in [0.1, 0.15) is 5.60 Å². The molecule has 0 aliphatic carbocycles. The molecule has 1 fully saturated rings. The Morgan fingerprint density at radius 2 is 2.10 bits per heavy atom. The lowest BCUT2D eigenvalue weighted by Crippen LogP contribution is -2.33. The van der Waals surface area contributed by atoms with Crippen LogP contribution >= 0.6 is 0 Å². The van der Waals surface area contributed by atoms with Crippen LogP contribution in [0.3, 0.4) is 0 Å². The van der Waals surface area contributed by atoms with Crippen LogP contribution in [0.15, 0.2) is 18.2 Å². The molecule has 1 aromatic carbocycles. The first-order valence-corrected chi connectivity index (χ1v) is 7.16. The Labute approximate surface area is 124 Å². The van der Waals surface area contributed by atoms with Gasteiger partial charge in [-0.25, -0.2) is 9.18 Å². The van der Waals surface area contributed by atoms with Gasteiger partial charge >= 0.3 is 5.97 Å². The lowest BCUT2D eigenvalue weighted by Gasteiger charge is -2.16. The summed E-state index contributed by atoms with van der Waals surface area (Å²) in [6, 6.07) is 4.62. The first-order valence-electron chi connectivity index (χ1n) is 7.16. The Kier molecular flexibility index (Phi) is 4.23. The van der Waals surface area contributed by atoms with Crippen molar-refractivity contribution in [3.05, 3.63) is 29.6 Å². The summed E-state index contributed by atoms with van der Waals surface area (Å²) >= 11 is 0. The Hall–Kier alpha value is -1.62. The number of ether oxygens (including phenoxy) is 3. The van der Waals surface area contributed by atoms with Gasteiger partial charge in [0.15, 0.2) is 17.2 Å². The maximum atomic E-state index is 13.9. The largest absolute Gasteiger partial charge is 0.494 e. The van der Waals surface area contributed by atoms with Gasteiger partial charge < -0.3 is 14.2 Å². The zero-order valence-electron chi connectivity index (χ0n) is 12.9. The normalized spacial score (nSPS) is 27.3. The first kappa shape index (κ1) is 15.8. The van der Waals surface area contributed by atoms with Gasteiger partial charge in [-0.15, -0.1) is 0 Å². The Morgan fingerprint density at radius 1 is 1.38 bits per heavy atom. The van der Waals surface area contributed by atoms with E-state index in [4.69, 9.17) is 14.2 Å². The summed E-state index contributed by atoms with van der Waals surface area (Å²) in [6.45, 7) is 5.81. The molecular formula is C16H21FO4. The van der Waals surface area contributed by atoms with Gasteiger partial charge in [0.25, 0.3) is 0 Å². The molecule has 0 aromatic heterocycles. The SMILES string of the molecule is CCCC1(C(=O)OCC)OC1(C)c1ccc(OC)c(F)c1. The third kappa shape index (κ3) is 2.39. The van der Waals surface area contributed by atoms with Crippen LogP contribution in [0.1, 0.15) is 39.2 Å². The van der Waals surface area contributed by atoms with E-state index in [0.717, 1.165) is 6.42 Å². The van der Waals surface area contributed by atoms with E-state index in [1.807, 2.05) is 6.92 Å². The molecule has 1 aliphatic heterocycles. The van der Waals surface area contributed by atoms with Crippen LogP contribution in [0, 0.1) is 5.82 Å². The van der Waals surface area contributed by atoms with Crippen LogP contribution in [0.4, 0.5) is 4.39 Å². The monoisotopic (exact) mass is 296 g/mol. The van der Waals surface area contributed by atoms with E-state index >= 15 is 0 Å². The van der Waals surface area contributed by atoms with E-state index in [9.17, 15) is 9.18 Å². The topological polar surface area (TPSA) is 48.1 Å². The van der Waals surface area contributed by atoms with Crippen LogP contribution in [0.25, 0.3) is 0 Å². The third-order valence-corrected chi connectivity index (χ3v) is 4.02. The maximum Gasteiger partial charge on any atom is 0.341 e. The van der Waals surface area contributed by atoms with Crippen LogP contribution in [-0.4, -0.2) is 25.3 Å². The molecular weight excluding hydrogens is 275 g/mol. The number of benzene rings is 1. The highest BCUT2D eigenvalue weighted by Crippen LogP contribution is 2.59. The van der Waals surface area contributed by atoms with Crippen molar-refractivity contribution in [1.29, 1.82) is 0 Å². The molecule has 0 saturated carbocycles. The highest BCUT2D eigenvalue weighted by atomic mass is 19.1. The van der Waals surface area contributed by atoms with Crippen LogP contribution in [-0.2, 0) is 19.9 Å². The van der Waals surface area contributed by atoms with E-state index in [-0.39, 0.29) is 11.7 Å². The average Bonchev–Trinajstić information content (AvgIpc) is 3.07. The molecule has 0 N–H and O–H groups in total. The Balaban J connectivity index is 2.34. The average molecular weight is 296 g/mol.